The molecule has 0 bridgehead atoms. The van der Waals surface area contributed by atoms with Gasteiger partial charge in [0.1, 0.15) is 0 Å². The molecule has 136 valence electrons. The second-order valence-corrected chi connectivity index (χ2v) is 6.44. The van der Waals surface area contributed by atoms with Crippen LogP contribution in [0.2, 0.25) is 0 Å². The van der Waals surface area contributed by atoms with Gasteiger partial charge in [-0.1, -0.05) is 25.1 Å². The van der Waals surface area contributed by atoms with Gasteiger partial charge in [0.05, 0.1) is 17.9 Å². The summed E-state index contributed by atoms with van der Waals surface area (Å²) < 4.78 is 0. The van der Waals surface area contributed by atoms with Crippen LogP contribution in [0.5, 0.6) is 0 Å². The number of carbonyl (C=O) groups is 1. The summed E-state index contributed by atoms with van der Waals surface area (Å²) in [6.07, 6.45) is 5.31. The highest BCUT2D eigenvalue weighted by atomic mass is 16.3. The molecule has 5 heteroatoms. The molecule has 5 nitrogen and oxygen atoms in total. The first-order chi connectivity index (χ1) is 12.7. The molecule has 26 heavy (non-hydrogen) atoms. The van der Waals surface area contributed by atoms with Gasteiger partial charge in [0.15, 0.2) is 0 Å². The van der Waals surface area contributed by atoms with E-state index >= 15 is 0 Å². The maximum atomic E-state index is 12.8. The Morgan fingerprint density at radius 2 is 2.19 bits per heavy atom. The van der Waals surface area contributed by atoms with Gasteiger partial charge in [0, 0.05) is 25.8 Å². The van der Waals surface area contributed by atoms with Crippen molar-refractivity contribution in [1.29, 1.82) is 0 Å². The Hall–Kier alpha value is -2.50. The van der Waals surface area contributed by atoms with E-state index in [4.69, 9.17) is 5.73 Å². The minimum Gasteiger partial charge on any atom is -0.392 e. The van der Waals surface area contributed by atoms with Crippen molar-refractivity contribution < 1.29 is 9.90 Å². The zero-order valence-electron chi connectivity index (χ0n) is 15.1. The van der Waals surface area contributed by atoms with Crippen molar-refractivity contribution in [2.45, 2.75) is 32.9 Å². The van der Waals surface area contributed by atoms with Crippen LogP contribution < -0.4 is 5.73 Å². The Morgan fingerprint density at radius 1 is 1.35 bits per heavy atom. The van der Waals surface area contributed by atoms with Crippen LogP contribution in [0.3, 0.4) is 0 Å². The van der Waals surface area contributed by atoms with Crippen molar-refractivity contribution in [3.63, 3.8) is 0 Å². The predicted molar refractivity (Wildman–Crippen MR) is 102 cm³/mol. The van der Waals surface area contributed by atoms with Gasteiger partial charge in [-0.25, -0.2) is 0 Å². The maximum absolute atomic E-state index is 12.8. The third kappa shape index (κ3) is 3.69. The summed E-state index contributed by atoms with van der Waals surface area (Å²) in [6.45, 7) is 3.69. The molecule has 0 spiro atoms. The molecule has 1 aliphatic heterocycles. The molecule has 1 amide bonds. The summed E-state index contributed by atoms with van der Waals surface area (Å²) in [4.78, 5) is 19.0. The molecule has 0 atom stereocenters. The van der Waals surface area contributed by atoms with Crippen LogP contribution in [-0.2, 0) is 19.6 Å². The number of aromatic nitrogens is 1. The number of aliphatic hydroxyl groups excluding tert-OH is 1. The normalized spacial score (nSPS) is 14.3. The lowest BCUT2D eigenvalue weighted by atomic mass is 9.93. The molecule has 3 N–H and O–H groups in total. The van der Waals surface area contributed by atoms with Gasteiger partial charge in [0.2, 0.25) is 0 Å². The van der Waals surface area contributed by atoms with E-state index in [2.05, 4.69) is 11.1 Å². The van der Waals surface area contributed by atoms with E-state index in [1.165, 1.54) is 0 Å². The smallest absolute Gasteiger partial charge is 0.255 e. The number of nitrogens with zero attached hydrogens (tertiary/aromatic N) is 2. The molecular weight excluding hydrogens is 326 g/mol. The van der Waals surface area contributed by atoms with Crippen molar-refractivity contribution >= 4 is 11.5 Å². The molecule has 0 unspecified atom stereocenters. The average molecular weight is 351 g/mol. The van der Waals surface area contributed by atoms with E-state index in [1.54, 1.807) is 6.20 Å². The highest BCUT2D eigenvalue weighted by molar-refractivity contribution is 5.95. The Bertz CT molecular complexity index is 830. The summed E-state index contributed by atoms with van der Waals surface area (Å²) in [7, 11) is 0. The first-order valence-electron chi connectivity index (χ1n) is 9.03. The first kappa shape index (κ1) is 18.3. The van der Waals surface area contributed by atoms with E-state index < -0.39 is 0 Å². The van der Waals surface area contributed by atoms with Gasteiger partial charge in [-0.15, -0.1) is 0 Å². The van der Waals surface area contributed by atoms with Crippen LogP contribution in [0.1, 0.15) is 46.1 Å². The second kappa shape index (κ2) is 8.25. The minimum atomic E-state index is -0.00425. The number of nitrogens with two attached hydrogens (primary N) is 1. The predicted octanol–water partition coefficient (Wildman–Crippen LogP) is 2.52. The number of rotatable bonds is 5. The summed E-state index contributed by atoms with van der Waals surface area (Å²) >= 11 is 0. The van der Waals surface area contributed by atoms with Crippen LogP contribution >= 0.6 is 0 Å². The Labute approximate surface area is 154 Å². The number of aryl methyl sites for hydroxylation is 1. The van der Waals surface area contributed by atoms with E-state index in [1.807, 2.05) is 42.2 Å². The Morgan fingerprint density at radius 3 is 2.85 bits per heavy atom. The number of amides is 1. The molecule has 3 rings (SSSR count). The van der Waals surface area contributed by atoms with Gasteiger partial charge in [-0.3, -0.25) is 9.78 Å². The molecule has 1 aliphatic rings. The topological polar surface area (TPSA) is 79.5 Å². The van der Waals surface area contributed by atoms with Gasteiger partial charge < -0.3 is 15.7 Å². The Kier molecular flexibility index (Phi) is 5.81. The quantitative estimate of drug-likeness (QED) is 0.867. The largest absolute Gasteiger partial charge is 0.392 e. The van der Waals surface area contributed by atoms with E-state index in [9.17, 15) is 9.90 Å². The summed E-state index contributed by atoms with van der Waals surface area (Å²) in [5.41, 5.74) is 11.4. The van der Waals surface area contributed by atoms with Crippen LogP contribution in [0.15, 0.2) is 42.6 Å². The molecule has 0 aliphatic carbocycles. The molecule has 2 aromatic rings. The fourth-order valence-electron chi connectivity index (χ4n) is 3.37. The van der Waals surface area contributed by atoms with Crippen molar-refractivity contribution in [1.82, 2.24) is 9.88 Å². The number of pyridine rings is 1. The minimum absolute atomic E-state index is 0.00425. The summed E-state index contributed by atoms with van der Waals surface area (Å²) in [5, 5.41) is 9.63. The number of aliphatic hydroxyl groups is 1. The van der Waals surface area contributed by atoms with Crippen molar-refractivity contribution in [2.24, 2.45) is 5.73 Å². The molecule has 0 saturated carbocycles. The van der Waals surface area contributed by atoms with Crippen LogP contribution in [-0.4, -0.2) is 34.0 Å². The van der Waals surface area contributed by atoms with Crippen LogP contribution in [0, 0.1) is 0 Å². The SMILES string of the molecule is CCc1ncccc1C(=O)N1CC=C(c2cc(CN)ccc2CO)CC1. The number of benzene rings is 1. The molecule has 1 aromatic heterocycles. The fourth-order valence-corrected chi connectivity index (χ4v) is 3.37. The molecule has 0 fully saturated rings. The number of hydrogen-bond acceptors (Lipinski definition) is 4. The monoisotopic (exact) mass is 351 g/mol. The second-order valence-electron chi connectivity index (χ2n) is 6.44. The van der Waals surface area contributed by atoms with Gasteiger partial charge in [-0.05, 0) is 53.3 Å². The van der Waals surface area contributed by atoms with E-state index in [0.717, 1.165) is 40.8 Å². The number of hydrogen-bond donors (Lipinski definition) is 2. The van der Waals surface area contributed by atoms with Gasteiger partial charge in [0.25, 0.3) is 5.91 Å². The standard InChI is InChI=1S/C21H25N3O2/c1-2-20-18(4-3-9-23-20)21(26)24-10-7-16(8-11-24)19-12-15(13-22)5-6-17(19)14-25/h3-7,9,12,25H,2,8,10-11,13-14,22H2,1H3. The fraction of sp³-hybridized carbons (Fsp3) is 0.333. The lowest BCUT2D eigenvalue weighted by Gasteiger charge is -2.28. The summed E-state index contributed by atoms with van der Waals surface area (Å²) in [6, 6.07) is 9.58. The maximum Gasteiger partial charge on any atom is 0.255 e. The molecule has 2 heterocycles. The van der Waals surface area contributed by atoms with Gasteiger partial charge >= 0.3 is 0 Å². The van der Waals surface area contributed by atoms with Crippen LogP contribution in [0.25, 0.3) is 5.57 Å². The van der Waals surface area contributed by atoms with Crippen LogP contribution in [0.4, 0.5) is 0 Å². The lowest BCUT2D eigenvalue weighted by molar-refractivity contribution is 0.0771. The zero-order valence-corrected chi connectivity index (χ0v) is 15.1. The van der Waals surface area contributed by atoms with E-state index in [0.29, 0.717) is 25.2 Å². The first-order valence-corrected chi connectivity index (χ1v) is 9.03. The third-order valence-electron chi connectivity index (χ3n) is 4.88. The molecular formula is C21H25N3O2. The van der Waals surface area contributed by atoms with Crippen molar-refractivity contribution in [2.75, 3.05) is 13.1 Å². The lowest BCUT2D eigenvalue weighted by Crippen LogP contribution is -2.35. The average Bonchev–Trinajstić information content (AvgIpc) is 2.72. The van der Waals surface area contributed by atoms with Gasteiger partial charge in [-0.2, -0.15) is 0 Å². The Balaban J connectivity index is 1.81. The molecule has 0 radical (unpaired) electrons. The highest BCUT2D eigenvalue weighted by Gasteiger charge is 2.22. The highest BCUT2D eigenvalue weighted by Crippen LogP contribution is 2.27. The number of carbonyl (C=O) groups excluding carboxylic acids is 1. The summed E-state index contributed by atoms with van der Waals surface area (Å²) in [5.74, 6) is 0.0309. The third-order valence-corrected chi connectivity index (χ3v) is 4.88. The molecule has 0 saturated heterocycles. The van der Waals surface area contributed by atoms with Crippen molar-refractivity contribution in [3.8, 4) is 0 Å². The van der Waals surface area contributed by atoms with E-state index in [-0.39, 0.29) is 12.5 Å². The van der Waals surface area contributed by atoms with Crippen molar-refractivity contribution in [3.05, 3.63) is 70.6 Å². The molecule has 1 aromatic carbocycles. The zero-order chi connectivity index (χ0) is 18.5.